The van der Waals surface area contributed by atoms with E-state index in [1.807, 2.05) is 30.3 Å². The molecule has 0 nitrogen and oxygen atoms in total. The van der Waals surface area contributed by atoms with E-state index in [0.29, 0.717) is 5.92 Å². The SMILES string of the molecule is Clc1ccc(CC(CBr)Cc2ccccc2Cl)cc1. The quantitative estimate of drug-likeness (QED) is 0.594. The van der Waals surface area contributed by atoms with Gasteiger partial charge in [-0.15, -0.1) is 0 Å². The standard InChI is InChI=1S/C16H15BrCl2/c17-11-13(9-12-5-7-15(18)8-6-12)10-14-3-1-2-4-16(14)19/h1-8,13H,9-11H2. The third-order valence-corrected chi connectivity index (χ3v) is 4.66. The maximum atomic E-state index is 6.22. The van der Waals surface area contributed by atoms with Crippen LogP contribution in [-0.2, 0) is 12.8 Å². The molecule has 100 valence electrons. The molecule has 2 aromatic rings. The van der Waals surface area contributed by atoms with E-state index in [2.05, 4.69) is 34.1 Å². The summed E-state index contributed by atoms with van der Waals surface area (Å²) in [6, 6.07) is 16.1. The van der Waals surface area contributed by atoms with Crippen molar-refractivity contribution >= 4 is 39.1 Å². The Kier molecular flexibility index (Phi) is 5.75. The molecule has 2 rings (SSSR count). The zero-order chi connectivity index (χ0) is 13.7. The van der Waals surface area contributed by atoms with Gasteiger partial charge >= 0.3 is 0 Å². The summed E-state index contributed by atoms with van der Waals surface area (Å²) >= 11 is 15.7. The number of alkyl halides is 1. The van der Waals surface area contributed by atoms with Crippen LogP contribution in [0.2, 0.25) is 10.0 Å². The lowest BCUT2D eigenvalue weighted by Crippen LogP contribution is -2.10. The molecule has 19 heavy (non-hydrogen) atoms. The summed E-state index contributed by atoms with van der Waals surface area (Å²) in [4.78, 5) is 0. The number of hydrogen-bond acceptors (Lipinski definition) is 0. The Hall–Kier alpha value is -0.500. The molecule has 0 saturated carbocycles. The first-order valence-corrected chi connectivity index (χ1v) is 8.10. The molecule has 0 bridgehead atoms. The van der Waals surface area contributed by atoms with Crippen molar-refractivity contribution in [2.75, 3.05) is 5.33 Å². The zero-order valence-corrected chi connectivity index (χ0v) is 13.5. The summed E-state index contributed by atoms with van der Waals surface area (Å²) in [5.41, 5.74) is 2.52. The molecule has 0 heterocycles. The van der Waals surface area contributed by atoms with Crippen molar-refractivity contribution in [3.05, 3.63) is 69.7 Å². The Balaban J connectivity index is 2.05. The smallest absolute Gasteiger partial charge is 0.0438 e. The van der Waals surface area contributed by atoms with Gasteiger partial charge in [0.25, 0.3) is 0 Å². The van der Waals surface area contributed by atoms with Gasteiger partial charge in [0.1, 0.15) is 0 Å². The number of halogens is 3. The van der Waals surface area contributed by atoms with Crippen molar-refractivity contribution in [3.8, 4) is 0 Å². The average Bonchev–Trinajstić information content (AvgIpc) is 2.43. The normalized spacial score (nSPS) is 12.4. The zero-order valence-electron chi connectivity index (χ0n) is 10.5. The van der Waals surface area contributed by atoms with Crippen LogP contribution in [0.15, 0.2) is 48.5 Å². The summed E-state index contributed by atoms with van der Waals surface area (Å²) in [7, 11) is 0. The first kappa shape index (κ1) is 14.9. The minimum absolute atomic E-state index is 0.529. The maximum Gasteiger partial charge on any atom is 0.0438 e. The Morgan fingerprint density at radius 1 is 0.895 bits per heavy atom. The highest BCUT2D eigenvalue weighted by atomic mass is 79.9. The second-order valence-corrected chi connectivity index (χ2v) is 6.14. The van der Waals surface area contributed by atoms with Crippen LogP contribution < -0.4 is 0 Å². The van der Waals surface area contributed by atoms with Crippen LogP contribution in [-0.4, -0.2) is 5.33 Å². The van der Waals surface area contributed by atoms with E-state index in [1.165, 1.54) is 11.1 Å². The van der Waals surface area contributed by atoms with E-state index in [4.69, 9.17) is 23.2 Å². The molecule has 1 atom stereocenters. The van der Waals surface area contributed by atoms with E-state index in [-0.39, 0.29) is 0 Å². The van der Waals surface area contributed by atoms with E-state index in [0.717, 1.165) is 28.2 Å². The van der Waals surface area contributed by atoms with E-state index in [9.17, 15) is 0 Å². The summed E-state index contributed by atoms with van der Waals surface area (Å²) in [6.07, 6.45) is 2.00. The number of rotatable bonds is 5. The molecule has 0 N–H and O–H groups in total. The molecule has 1 unspecified atom stereocenters. The summed E-state index contributed by atoms with van der Waals surface area (Å²) in [5.74, 6) is 0.529. The summed E-state index contributed by atoms with van der Waals surface area (Å²) < 4.78 is 0. The minimum Gasteiger partial charge on any atom is -0.0925 e. The Bertz CT molecular complexity index is 523. The monoisotopic (exact) mass is 356 g/mol. The van der Waals surface area contributed by atoms with Gasteiger partial charge in [0, 0.05) is 15.4 Å². The molecule has 3 heteroatoms. The molecule has 0 aliphatic heterocycles. The van der Waals surface area contributed by atoms with Crippen molar-refractivity contribution in [3.63, 3.8) is 0 Å². The van der Waals surface area contributed by atoms with Crippen LogP contribution in [0.1, 0.15) is 11.1 Å². The minimum atomic E-state index is 0.529. The molecular formula is C16H15BrCl2. The predicted molar refractivity (Wildman–Crippen MR) is 87.6 cm³/mol. The van der Waals surface area contributed by atoms with Gasteiger partial charge in [-0.05, 0) is 48.1 Å². The number of benzene rings is 2. The van der Waals surface area contributed by atoms with Gasteiger partial charge in [-0.25, -0.2) is 0 Å². The van der Waals surface area contributed by atoms with Crippen LogP contribution >= 0.6 is 39.1 Å². The fraction of sp³-hybridized carbons (Fsp3) is 0.250. The maximum absolute atomic E-state index is 6.22. The highest BCUT2D eigenvalue weighted by Gasteiger charge is 2.11. The fourth-order valence-electron chi connectivity index (χ4n) is 2.11. The summed E-state index contributed by atoms with van der Waals surface area (Å²) in [6.45, 7) is 0. The predicted octanol–water partition coefficient (Wildman–Crippen LogP) is 5.79. The third-order valence-electron chi connectivity index (χ3n) is 3.12. The van der Waals surface area contributed by atoms with Crippen LogP contribution in [0.5, 0.6) is 0 Å². The first-order chi connectivity index (χ1) is 9.19. The van der Waals surface area contributed by atoms with E-state index in [1.54, 1.807) is 0 Å². The molecule has 0 aliphatic carbocycles. The molecule has 0 amide bonds. The van der Waals surface area contributed by atoms with Crippen molar-refractivity contribution in [1.82, 2.24) is 0 Å². The fourth-order valence-corrected chi connectivity index (χ4v) is 2.91. The molecule has 0 fully saturated rings. The van der Waals surface area contributed by atoms with Crippen molar-refractivity contribution < 1.29 is 0 Å². The van der Waals surface area contributed by atoms with Crippen molar-refractivity contribution in [1.29, 1.82) is 0 Å². The third kappa shape index (κ3) is 4.52. The van der Waals surface area contributed by atoms with Gasteiger partial charge in [-0.2, -0.15) is 0 Å². The lowest BCUT2D eigenvalue weighted by molar-refractivity contribution is 0.591. The molecular weight excluding hydrogens is 343 g/mol. The number of hydrogen-bond donors (Lipinski definition) is 0. The lowest BCUT2D eigenvalue weighted by atomic mass is 9.94. The van der Waals surface area contributed by atoms with Crippen molar-refractivity contribution in [2.24, 2.45) is 5.92 Å². The van der Waals surface area contributed by atoms with Crippen LogP contribution in [0, 0.1) is 5.92 Å². The molecule has 0 aromatic heterocycles. The molecule has 0 spiro atoms. The van der Waals surface area contributed by atoms with Crippen molar-refractivity contribution in [2.45, 2.75) is 12.8 Å². The lowest BCUT2D eigenvalue weighted by Gasteiger charge is -2.15. The van der Waals surface area contributed by atoms with Gasteiger partial charge in [-0.3, -0.25) is 0 Å². The second-order valence-electron chi connectivity index (χ2n) is 4.65. The van der Waals surface area contributed by atoms with Gasteiger partial charge in [0.15, 0.2) is 0 Å². The molecule has 0 radical (unpaired) electrons. The van der Waals surface area contributed by atoms with E-state index < -0.39 is 0 Å². The molecule has 2 aromatic carbocycles. The highest BCUT2D eigenvalue weighted by molar-refractivity contribution is 9.09. The Morgan fingerprint density at radius 2 is 1.58 bits per heavy atom. The topological polar surface area (TPSA) is 0 Å². The van der Waals surface area contributed by atoms with E-state index >= 15 is 0 Å². The van der Waals surface area contributed by atoms with Crippen LogP contribution in [0.25, 0.3) is 0 Å². The van der Waals surface area contributed by atoms with Gasteiger partial charge in [-0.1, -0.05) is 69.5 Å². The summed E-state index contributed by atoms with van der Waals surface area (Å²) in [5, 5.41) is 2.59. The highest BCUT2D eigenvalue weighted by Crippen LogP contribution is 2.23. The van der Waals surface area contributed by atoms with Gasteiger partial charge in [0.05, 0.1) is 0 Å². The van der Waals surface area contributed by atoms with Gasteiger partial charge < -0.3 is 0 Å². The Labute approximate surface area is 132 Å². The Morgan fingerprint density at radius 3 is 2.21 bits per heavy atom. The molecule has 0 saturated heterocycles. The first-order valence-electron chi connectivity index (χ1n) is 6.23. The second kappa shape index (κ2) is 7.33. The van der Waals surface area contributed by atoms with Crippen LogP contribution in [0.3, 0.4) is 0 Å². The van der Waals surface area contributed by atoms with Crippen LogP contribution in [0.4, 0.5) is 0 Å². The average molecular weight is 358 g/mol. The van der Waals surface area contributed by atoms with Gasteiger partial charge in [0.2, 0.25) is 0 Å². The largest absolute Gasteiger partial charge is 0.0925 e. The molecule has 0 aliphatic rings.